The molecule has 0 spiro atoms. The van der Waals surface area contributed by atoms with E-state index in [2.05, 4.69) is 20.6 Å². The number of benzene rings is 1. The molecule has 2 unspecified atom stereocenters. The van der Waals surface area contributed by atoms with Crippen molar-refractivity contribution in [2.45, 2.75) is 24.7 Å². The SMILES string of the molecule is NC(=O)/C(=C\c1cnc[nH]1)NC(=O)[C@H]1CC2c3ccccc3NC2O1. The van der Waals surface area contributed by atoms with Crippen molar-refractivity contribution >= 4 is 23.6 Å². The molecule has 1 aromatic heterocycles. The maximum absolute atomic E-state index is 12.5. The number of carbonyl (C=O) groups excluding carboxylic acids is 2. The van der Waals surface area contributed by atoms with Crippen LogP contribution in [0.25, 0.3) is 6.08 Å². The van der Waals surface area contributed by atoms with Crippen LogP contribution < -0.4 is 16.4 Å². The third-order valence-electron chi connectivity index (χ3n) is 4.44. The molecule has 3 atom stereocenters. The number of hydrogen-bond donors (Lipinski definition) is 4. The Morgan fingerprint density at radius 1 is 1.36 bits per heavy atom. The van der Waals surface area contributed by atoms with Crippen LogP contribution in [0.1, 0.15) is 23.6 Å². The van der Waals surface area contributed by atoms with E-state index in [-0.39, 0.29) is 17.8 Å². The Morgan fingerprint density at radius 2 is 2.20 bits per heavy atom. The van der Waals surface area contributed by atoms with E-state index in [4.69, 9.17) is 10.5 Å². The van der Waals surface area contributed by atoms with E-state index >= 15 is 0 Å². The molecular formula is C17H17N5O3. The van der Waals surface area contributed by atoms with Crippen LogP contribution in [-0.4, -0.2) is 34.1 Å². The Hall–Kier alpha value is -3.13. The quantitative estimate of drug-likeness (QED) is 0.610. The highest BCUT2D eigenvalue weighted by Gasteiger charge is 2.44. The Kier molecular flexibility index (Phi) is 3.73. The maximum Gasteiger partial charge on any atom is 0.265 e. The standard InChI is InChI=1S/C17H17N5O3/c18-15(23)13(5-9-7-19-8-20-9)21-16(24)14-6-11-10-3-1-2-4-12(10)22-17(11)25-14/h1-5,7-8,11,14,17,22H,6H2,(H2,18,23)(H,19,20)(H,21,24)/b13-5+/t11?,14-,17?/m1/s1. The van der Waals surface area contributed by atoms with E-state index in [0.717, 1.165) is 11.3 Å². The van der Waals surface area contributed by atoms with Crippen molar-refractivity contribution in [3.8, 4) is 0 Å². The molecule has 2 aliphatic rings. The second-order valence-corrected chi connectivity index (χ2v) is 6.04. The molecule has 8 nitrogen and oxygen atoms in total. The molecule has 1 fully saturated rings. The fraction of sp³-hybridized carbons (Fsp3) is 0.235. The largest absolute Gasteiger partial charge is 0.364 e. The van der Waals surface area contributed by atoms with Crippen molar-refractivity contribution in [3.05, 3.63) is 53.7 Å². The van der Waals surface area contributed by atoms with Gasteiger partial charge in [-0.15, -0.1) is 0 Å². The van der Waals surface area contributed by atoms with Gasteiger partial charge in [0.2, 0.25) is 0 Å². The normalized spacial score (nSPS) is 24.3. The molecule has 0 saturated carbocycles. The third kappa shape index (κ3) is 2.87. The zero-order valence-corrected chi connectivity index (χ0v) is 13.2. The lowest BCUT2D eigenvalue weighted by molar-refractivity contribution is -0.131. The first-order valence-electron chi connectivity index (χ1n) is 7.93. The van der Waals surface area contributed by atoms with Crippen LogP contribution in [-0.2, 0) is 14.3 Å². The summed E-state index contributed by atoms with van der Waals surface area (Å²) in [7, 11) is 0. The summed E-state index contributed by atoms with van der Waals surface area (Å²) in [4.78, 5) is 30.8. The lowest BCUT2D eigenvalue weighted by atomic mass is 9.96. The second kappa shape index (κ2) is 6.06. The van der Waals surface area contributed by atoms with Gasteiger partial charge in [-0.1, -0.05) is 18.2 Å². The predicted molar refractivity (Wildman–Crippen MR) is 90.0 cm³/mol. The van der Waals surface area contributed by atoms with Gasteiger partial charge in [0, 0.05) is 11.6 Å². The number of fused-ring (bicyclic) bond motifs is 3. The van der Waals surface area contributed by atoms with Crippen LogP contribution in [0.2, 0.25) is 0 Å². The average Bonchev–Trinajstić information content (AvgIpc) is 3.29. The number of nitrogens with one attached hydrogen (secondary N) is 3. The van der Waals surface area contributed by atoms with Gasteiger partial charge in [-0.3, -0.25) is 9.59 Å². The van der Waals surface area contributed by atoms with Gasteiger partial charge in [-0.05, 0) is 24.1 Å². The predicted octanol–water partition coefficient (Wildman–Crippen LogP) is 0.676. The Balaban J connectivity index is 1.47. The number of hydrogen-bond acceptors (Lipinski definition) is 5. The molecule has 3 heterocycles. The highest BCUT2D eigenvalue weighted by atomic mass is 16.5. The van der Waals surface area contributed by atoms with Crippen molar-refractivity contribution in [3.63, 3.8) is 0 Å². The van der Waals surface area contributed by atoms with Gasteiger partial charge >= 0.3 is 0 Å². The van der Waals surface area contributed by atoms with Crippen molar-refractivity contribution in [1.29, 1.82) is 0 Å². The van der Waals surface area contributed by atoms with Gasteiger partial charge in [-0.2, -0.15) is 0 Å². The Morgan fingerprint density at radius 3 is 2.96 bits per heavy atom. The zero-order chi connectivity index (χ0) is 17.4. The number of carbonyl (C=O) groups is 2. The van der Waals surface area contributed by atoms with Crippen LogP contribution >= 0.6 is 0 Å². The number of aromatic nitrogens is 2. The first-order valence-corrected chi connectivity index (χ1v) is 7.93. The molecule has 1 aromatic carbocycles. The molecule has 2 aliphatic heterocycles. The topological polar surface area (TPSA) is 122 Å². The van der Waals surface area contributed by atoms with Crippen LogP contribution in [0.4, 0.5) is 5.69 Å². The van der Waals surface area contributed by atoms with Gasteiger partial charge in [0.05, 0.1) is 18.2 Å². The van der Waals surface area contributed by atoms with Crippen LogP contribution in [0.3, 0.4) is 0 Å². The van der Waals surface area contributed by atoms with E-state index in [1.807, 2.05) is 24.3 Å². The average molecular weight is 339 g/mol. The fourth-order valence-corrected chi connectivity index (χ4v) is 3.26. The molecule has 1 saturated heterocycles. The van der Waals surface area contributed by atoms with Crippen molar-refractivity contribution < 1.29 is 14.3 Å². The number of rotatable bonds is 4. The molecule has 5 N–H and O–H groups in total. The van der Waals surface area contributed by atoms with Crippen LogP contribution in [0.5, 0.6) is 0 Å². The van der Waals surface area contributed by atoms with Gasteiger partial charge in [-0.25, -0.2) is 4.98 Å². The maximum atomic E-state index is 12.5. The van der Waals surface area contributed by atoms with Gasteiger partial charge in [0.15, 0.2) is 0 Å². The Bertz CT molecular complexity index is 846. The molecule has 128 valence electrons. The van der Waals surface area contributed by atoms with Gasteiger partial charge in [0.1, 0.15) is 18.0 Å². The lowest BCUT2D eigenvalue weighted by Crippen LogP contribution is -2.38. The zero-order valence-electron chi connectivity index (χ0n) is 13.2. The van der Waals surface area contributed by atoms with Crippen molar-refractivity contribution in [2.24, 2.45) is 5.73 Å². The number of nitrogens with two attached hydrogens (primary N) is 1. The first kappa shape index (κ1) is 15.4. The molecule has 8 heteroatoms. The molecule has 0 radical (unpaired) electrons. The highest BCUT2D eigenvalue weighted by Crippen LogP contribution is 2.44. The minimum absolute atomic E-state index is 0.0109. The molecule has 2 amide bonds. The number of anilines is 1. The molecule has 0 aliphatic carbocycles. The third-order valence-corrected chi connectivity index (χ3v) is 4.44. The molecule has 0 bridgehead atoms. The van der Waals surface area contributed by atoms with Gasteiger partial charge < -0.3 is 26.1 Å². The summed E-state index contributed by atoms with van der Waals surface area (Å²) in [6.45, 7) is 0. The van der Waals surface area contributed by atoms with Crippen LogP contribution in [0.15, 0.2) is 42.5 Å². The van der Waals surface area contributed by atoms with Crippen molar-refractivity contribution in [2.75, 3.05) is 5.32 Å². The number of amides is 2. The monoisotopic (exact) mass is 339 g/mol. The number of aromatic amines is 1. The highest BCUT2D eigenvalue weighted by molar-refractivity contribution is 6.00. The number of ether oxygens (including phenoxy) is 1. The lowest BCUT2D eigenvalue weighted by Gasteiger charge is -2.14. The molecule has 2 aromatic rings. The van der Waals surface area contributed by atoms with E-state index < -0.39 is 17.9 Å². The minimum atomic E-state index is -0.732. The first-order chi connectivity index (χ1) is 12.1. The summed E-state index contributed by atoms with van der Waals surface area (Å²) in [6, 6.07) is 7.94. The van der Waals surface area contributed by atoms with Crippen LogP contribution in [0, 0.1) is 0 Å². The summed E-state index contributed by atoms with van der Waals surface area (Å²) >= 11 is 0. The summed E-state index contributed by atoms with van der Waals surface area (Å²) < 4.78 is 5.82. The number of nitrogens with zero attached hydrogens (tertiary/aromatic N) is 1. The van der Waals surface area contributed by atoms with E-state index in [1.165, 1.54) is 18.6 Å². The van der Waals surface area contributed by atoms with E-state index in [9.17, 15) is 9.59 Å². The second-order valence-electron chi connectivity index (χ2n) is 6.04. The number of imidazole rings is 1. The van der Waals surface area contributed by atoms with Gasteiger partial charge in [0.25, 0.3) is 11.8 Å². The summed E-state index contributed by atoms with van der Waals surface area (Å²) in [5, 5.41) is 5.83. The molecule has 4 rings (SSSR count). The summed E-state index contributed by atoms with van der Waals surface area (Å²) in [5.41, 5.74) is 8.08. The summed E-state index contributed by atoms with van der Waals surface area (Å²) in [6.07, 6.45) is 4.08. The number of H-pyrrole nitrogens is 1. The number of primary amides is 1. The molecule has 25 heavy (non-hydrogen) atoms. The van der Waals surface area contributed by atoms with E-state index in [1.54, 1.807) is 0 Å². The Labute approximate surface area is 143 Å². The fourth-order valence-electron chi connectivity index (χ4n) is 3.26. The smallest absolute Gasteiger partial charge is 0.265 e. The minimum Gasteiger partial charge on any atom is -0.364 e. The van der Waals surface area contributed by atoms with E-state index in [0.29, 0.717) is 12.1 Å². The summed E-state index contributed by atoms with van der Waals surface area (Å²) in [5.74, 6) is -1.01. The molecular weight excluding hydrogens is 322 g/mol. The number of para-hydroxylation sites is 1. The van der Waals surface area contributed by atoms with Crippen molar-refractivity contribution in [1.82, 2.24) is 15.3 Å².